The minimum atomic E-state index is -0.225. The van der Waals surface area contributed by atoms with Crippen LogP contribution in [0.5, 0.6) is 5.75 Å². The largest absolute Gasteiger partial charge is 0.496 e. The average Bonchev–Trinajstić information content (AvgIpc) is 3.42. The van der Waals surface area contributed by atoms with E-state index in [1.54, 1.807) is 35.9 Å². The van der Waals surface area contributed by atoms with Crippen molar-refractivity contribution in [1.82, 2.24) is 14.9 Å². The predicted molar refractivity (Wildman–Crippen MR) is 133 cm³/mol. The third-order valence-corrected chi connectivity index (χ3v) is 6.15. The molecule has 1 aromatic heterocycles. The Balaban J connectivity index is 1.51. The maximum Gasteiger partial charge on any atom is 0.267 e. The van der Waals surface area contributed by atoms with Gasteiger partial charge in [-0.2, -0.15) is 0 Å². The lowest BCUT2D eigenvalue weighted by molar-refractivity contribution is 0.0950. The molecular formula is C27H26N4O3. The van der Waals surface area contributed by atoms with Crippen molar-refractivity contribution in [1.29, 1.82) is 0 Å². The van der Waals surface area contributed by atoms with Crippen molar-refractivity contribution in [2.45, 2.75) is 19.4 Å². The number of benzene rings is 3. The summed E-state index contributed by atoms with van der Waals surface area (Å²) in [5.74, 6) is 1.12. The van der Waals surface area contributed by atoms with Gasteiger partial charge in [-0.05, 0) is 49.2 Å². The fourth-order valence-electron chi connectivity index (χ4n) is 4.40. The second-order valence-corrected chi connectivity index (χ2v) is 8.31. The zero-order chi connectivity index (χ0) is 23.5. The highest BCUT2D eigenvalue weighted by molar-refractivity contribution is 5.94. The fourth-order valence-corrected chi connectivity index (χ4v) is 4.40. The summed E-state index contributed by atoms with van der Waals surface area (Å²) in [6.07, 6.45) is 2.13. The molecule has 1 saturated heterocycles. The molecule has 7 nitrogen and oxygen atoms in total. The van der Waals surface area contributed by atoms with E-state index in [1.165, 1.54) is 0 Å². The number of nitrogens with zero attached hydrogens (tertiary/aromatic N) is 3. The number of aromatic nitrogens is 2. The molecule has 0 unspecified atom stereocenters. The molecule has 0 radical (unpaired) electrons. The summed E-state index contributed by atoms with van der Waals surface area (Å²) in [6.45, 7) is 2.04. The van der Waals surface area contributed by atoms with E-state index in [9.17, 15) is 9.59 Å². The third kappa shape index (κ3) is 4.12. The summed E-state index contributed by atoms with van der Waals surface area (Å²) in [7, 11) is 1.61. The molecule has 3 aromatic carbocycles. The summed E-state index contributed by atoms with van der Waals surface area (Å²) in [6, 6.07) is 22.1. The molecule has 7 heteroatoms. The molecule has 2 heterocycles. The molecule has 34 heavy (non-hydrogen) atoms. The zero-order valence-corrected chi connectivity index (χ0v) is 19.0. The number of carbonyl (C=O) groups excluding carboxylic acids is 1. The molecule has 0 aliphatic carbocycles. The van der Waals surface area contributed by atoms with E-state index in [-0.39, 0.29) is 11.5 Å². The maximum absolute atomic E-state index is 13.6. The minimum absolute atomic E-state index is 0.140. The number of hydrogen-bond donors (Lipinski definition) is 1. The lowest BCUT2D eigenvalue weighted by Gasteiger charge is -2.22. The predicted octanol–water partition coefficient (Wildman–Crippen LogP) is 3.92. The van der Waals surface area contributed by atoms with Crippen molar-refractivity contribution in [2.24, 2.45) is 0 Å². The van der Waals surface area contributed by atoms with Gasteiger partial charge >= 0.3 is 0 Å². The fraction of sp³-hybridized carbons (Fsp3) is 0.222. The lowest BCUT2D eigenvalue weighted by atomic mass is 10.1. The molecule has 0 atom stereocenters. The number of ether oxygens (including phenoxy) is 1. The highest BCUT2D eigenvalue weighted by Gasteiger charge is 2.21. The Hall–Kier alpha value is -4.13. The van der Waals surface area contributed by atoms with Gasteiger partial charge in [0.05, 0.1) is 23.7 Å². The van der Waals surface area contributed by atoms with Crippen molar-refractivity contribution in [2.75, 3.05) is 25.1 Å². The molecule has 172 valence electrons. The first-order valence-electron chi connectivity index (χ1n) is 11.4. The highest BCUT2D eigenvalue weighted by atomic mass is 16.5. The van der Waals surface area contributed by atoms with Crippen LogP contribution in [0.3, 0.4) is 0 Å². The Morgan fingerprint density at radius 2 is 1.76 bits per heavy atom. The van der Waals surface area contributed by atoms with Gasteiger partial charge in [0.2, 0.25) is 5.95 Å². The molecule has 0 bridgehead atoms. The lowest BCUT2D eigenvalue weighted by Crippen LogP contribution is -2.30. The number of amides is 1. The number of rotatable bonds is 6. The van der Waals surface area contributed by atoms with Gasteiger partial charge in [-0.25, -0.2) is 9.55 Å². The van der Waals surface area contributed by atoms with Gasteiger partial charge < -0.3 is 15.0 Å². The first-order chi connectivity index (χ1) is 16.7. The molecule has 1 aliphatic heterocycles. The molecule has 1 fully saturated rings. The second-order valence-electron chi connectivity index (χ2n) is 8.31. The number of hydrogen-bond acceptors (Lipinski definition) is 5. The van der Waals surface area contributed by atoms with Crippen LogP contribution in [0.15, 0.2) is 77.6 Å². The number of nitrogens with one attached hydrogen (secondary N) is 1. The van der Waals surface area contributed by atoms with Gasteiger partial charge in [0.1, 0.15) is 5.75 Å². The van der Waals surface area contributed by atoms with E-state index >= 15 is 0 Å². The number of anilines is 1. The summed E-state index contributed by atoms with van der Waals surface area (Å²) < 4.78 is 7.00. The van der Waals surface area contributed by atoms with Crippen LogP contribution in [-0.4, -0.2) is 35.7 Å². The molecule has 1 amide bonds. The second kappa shape index (κ2) is 9.39. The van der Waals surface area contributed by atoms with Crippen LogP contribution >= 0.6 is 0 Å². The van der Waals surface area contributed by atoms with Crippen LogP contribution in [0.1, 0.15) is 28.8 Å². The van der Waals surface area contributed by atoms with Crippen LogP contribution in [0.4, 0.5) is 5.95 Å². The summed E-state index contributed by atoms with van der Waals surface area (Å²) in [5.41, 5.74) is 2.52. The van der Waals surface area contributed by atoms with Gasteiger partial charge in [-0.1, -0.05) is 36.4 Å². The first-order valence-corrected chi connectivity index (χ1v) is 11.4. The molecule has 5 rings (SSSR count). The quantitative estimate of drug-likeness (QED) is 0.478. The van der Waals surface area contributed by atoms with Crippen LogP contribution in [0, 0.1) is 0 Å². The van der Waals surface area contributed by atoms with E-state index in [4.69, 9.17) is 9.72 Å². The number of para-hydroxylation sites is 2. The van der Waals surface area contributed by atoms with Crippen LogP contribution in [0.25, 0.3) is 16.6 Å². The SMILES string of the molecule is COc1ccccc1CNC(=O)c1cccc(-n2c(N3CCCC3)nc3ccccc3c2=O)c1. The molecular weight excluding hydrogens is 428 g/mol. The van der Waals surface area contributed by atoms with Gasteiger partial charge in [-0.15, -0.1) is 0 Å². The van der Waals surface area contributed by atoms with Gasteiger partial charge in [0.15, 0.2) is 0 Å². The third-order valence-electron chi connectivity index (χ3n) is 6.15. The highest BCUT2D eigenvalue weighted by Crippen LogP contribution is 2.23. The number of carbonyl (C=O) groups is 1. The molecule has 4 aromatic rings. The molecule has 1 N–H and O–H groups in total. The van der Waals surface area contributed by atoms with E-state index in [1.807, 2.05) is 48.5 Å². The zero-order valence-electron chi connectivity index (χ0n) is 19.0. The van der Waals surface area contributed by atoms with Crippen molar-refractivity contribution in [3.63, 3.8) is 0 Å². The van der Waals surface area contributed by atoms with Crippen molar-refractivity contribution in [3.05, 3.63) is 94.3 Å². The Morgan fingerprint density at radius 3 is 2.59 bits per heavy atom. The van der Waals surface area contributed by atoms with E-state index in [0.717, 1.165) is 37.2 Å². The van der Waals surface area contributed by atoms with Crippen LogP contribution in [0.2, 0.25) is 0 Å². The number of methoxy groups -OCH3 is 1. The van der Waals surface area contributed by atoms with Gasteiger partial charge in [0, 0.05) is 30.8 Å². The smallest absolute Gasteiger partial charge is 0.267 e. The van der Waals surface area contributed by atoms with Crippen LogP contribution in [-0.2, 0) is 6.54 Å². The number of fused-ring (bicyclic) bond motifs is 1. The van der Waals surface area contributed by atoms with Crippen molar-refractivity contribution < 1.29 is 9.53 Å². The van der Waals surface area contributed by atoms with Crippen molar-refractivity contribution in [3.8, 4) is 11.4 Å². The average molecular weight is 455 g/mol. The Kier molecular flexibility index (Phi) is 5.99. The maximum atomic E-state index is 13.6. The standard InChI is InChI=1S/C27H26N4O3/c1-34-24-14-5-2-9-20(24)18-28-25(32)19-10-8-11-21(17-19)31-26(33)22-12-3-4-13-23(22)29-27(31)30-15-6-7-16-30/h2-5,8-14,17H,6-7,15-16,18H2,1H3,(H,28,32). The normalized spacial score (nSPS) is 13.3. The Morgan fingerprint density at radius 1 is 1.00 bits per heavy atom. The molecule has 0 saturated carbocycles. The first kappa shape index (κ1) is 21.7. The van der Waals surface area contributed by atoms with E-state index < -0.39 is 0 Å². The Bertz CT molecular complexity index is 1410. The summed E-state index contributed by atoms with van der Waals surface area (Å²) in [4.78, 5) is 33.5. The van der Waals surface area contributed by atoms with Gasteiger partial charge in [-0.3, -0.25) is 9.59 Å². The van der Waals surface area contributed by atoms with E-state index in [2.05, 4.69) is 10.2 Å². The molecule has 1 aliphatic rings. The topological polar surface area (TPSA) is 76.5 Å². The summed E-state index contributed by atoms with van der Waals surface area (Å²) >= 11 is 0. The summed E-state index contributed by atoms with van der Waals surface area (Å²) in [5, 5.41) is 3.50. The monoisotopic (exact) mass is 454 g/mol. The van der Waals surface area contributed by atoms with E-state index in [0.29, 0.717) is 34.6 Å². The van der Waals surface area contributed by atoms with Crippen molar-refractivity contribution >= 4 is 22.8 Å². The minimum Gasteiger partial charge on any atom is -0.496 e. The Labute approximate surface area is 197 Å². The van der Waals surface area contributed by atoms with Gasteiger partial charge in [0.25, 0.3) is 11.5 Å². The van der Waals surface area contributed by atoms with Crippen LogP contribution < -0.4 is 20.5 Å². The molecule has 0 spiro atoms.